The number of phenolic OH excluding ortho intramolecular Hbond substituents is 1. The predicted molar refractivity (Wildman–Crippen MR) is 115 cm³/mol. The number of carbonyl (C=O) groups excluding carboxylic acids is 3. The van der Waals surface area contributed by atoms with Crippen LogP contribution in [-0.2, 0) is 21.6 Å². The van der Waals surface area contributed by atoms with E-state index in [4.69, 9.17) is 4.74 Å². The van der Waals surface area contributed by atoms with Crippen LogP contribution in [0.5, 0.6) is 5.75 Å². The second-order valence-electron chi connectivity index (χ2n) is 7.95. The number of carbonyl (C=O) groups is 3. The van der Waals surface area contributed by atoms with E-state index in [1.54, 1.807) is 60.7 Å². The molecule has 1 N–H and O–H groups in total. The molecule has 1 aliphatic rings. The molecule has 1 atom stereocenters. The molecule has 0 aliphatic heterocycles. The highest BCUT2D eigenvalue weighted by atomic mass is 16.6. The smallest absolute Gasteiger partial charge is 0.339 e. The van der Waals surface area contributed by atoms with Gasteiger partial charge in [-0.3, -0.25) is 9.59 Å². The summed E-state index contributed by atoms with van der Waals surface area (Å²) in [5, 5.41) is 10.8. The van der Waals surface area contributed by atoms with Crippen molar-refractivity contribution in [2.24, 2.45) is 0 Å². The summed E-state index contributed by atoms with van der Waals surface area (Å²) < 4.78 is 5.72. The Labute approximate surface area is 180 Å². The average Bonchev–Trinajstić information content (AvgIpc) is 2.77. The zero-order valence-corrected chi connectivity index (χ0v) is 17.3. The molecule has 1 unspecified atom stereocenters. The number of hydrogen-bond donors (Lipinski definition) is 1. The lowest BCUT2D eigenvalue weighted by atomic mass is 9.73. The van der Waals surface area contributed by atoms with Gasteiger partial charge in [-0.1, -0.05) is 68.4 Å². The number of phenols is 1. The molecular formula is C26H22O5. The minimum absolute atomic E-state index is 0.0225. The summed E-state index contributed by atoms with van der Waals surface area (Å²) in [6, 6.07) is 19.7. The Hall–Kier alpha value is -3.73. The van der Waals surface area contributed by atoms with Crippen LogP contribution < -0.4 is 0 Å². The maximum atomic E-state index is 13.7. The first kappa shape index (κ1) is 20.5. The zero-order chi connectivity index (χ0) is 22.2. The van der Waals surface area contributed by atoms with E-state index >= 15 is 0 Å². The quantitative estimate of drug-likeness (QED) is 0.499. The van der Waals surface area contributed by atoms with Gasteiger partial charge in [0.25, 0.3) is 5.60 Å². The predicted octanol–water partition coefficient (Wildman–Crippen LogP) is 4.58. The van der Waals surface area contributed by atoms with Crippen molar-refractivity contribution in [3.05, 3.63) is 101 Å². The Balaban J connectivity index is 1.91. The molecule has 0 radical (unpaired) electrons. The number of benzene rings is 3. The van der Waals surface area contributed by atoms with Crippen molar-refractivity contribution < 1.29 is 24.2 Å². The SMILES string of the molecule is CC(C)c1ccc(C2(OC(=O)c3ccccc3)C(=O)Cc3ccccc3C2=O)c(O)c1. The molecule has 5 heteroatoms. The molecule has 0 saturated heterocycles. The first-order valence-electron chi connectivity index (χ1n) is 10.1. The Morgan fingerprint density at radius 1 is 0.968 bits per heavy atom. The van der Waals surface area contributed by atoms with Gasteiger partial charge in [-0.05, 0) is 35.2 Å². The number of Topliss-reactive ketones (excluding diaryl/α,β-unsaturated/α-hetero) is 2. The van der Waals surface area contributed by atoms with Crippen LogP contribution >= 0.6 is 0 Å². The van der Waals surface area contributed by atoms with Gasteiger partial charge < -0.3 is 9.84 Å². The summed E-state index contributed by atoms with van der Waals surface area (Å²) in [5.74, 6) is -2.19. The molecule has 4 rings (SSSR count). The number of rotatable bonds is 4. The number of esters is 1. The van der Waals surface area contributed by atoms with Crippen LogP contribution in [-0.4, -0.2) is 22.6 Å². The molecule has 1 aliphatic carbocycles. The van der Waals surface area contributed by atoms with Gasteiger partial charge in [0.15, 0.2) is 5.78 Å². The van der Waals surface area contributed by atoms with E-state index in [1.165, 1.54) is 12.1 Å². The van der Waals surface area contributed by atoms with E-state index in [-0.39, 0.29) is 29.2 Å². The fourth-order valence-electron chi connectivity index (χ4n) is 3.92. The maximum absolute atomic E-state index is 13.7. The monoisotopic (exact) mass is 414 g/mol. The minimum Gasteiger partial charge on any atom is -0.507 e. The second kappa shape index (κ2) is 7.84. The summed E-state index contributed by atoms with van der Waals surface area (Å²) >= 11 is 0. The number of fused-ring (bicyclic) bond motifs is 1. The van der Waals surface area contributed by atoms with Crippen molar-refractivity contribution in [1.82, 2.24) is 0 Å². The van der Waals surface area contributed by atoms with E-state index in [2.05, 4.69) is 0 Å². The van der Waals surface area contributed by atoms with Crippen LogP contribution in [0.15, 0.2) is 72.8 Å². The lowest BCUT2D eigenvalue weighted by Crippen LogP contribution is -2.51. The molecular weight excluding hydrogens is 392 g/mol. The highest BCUT2D eigenvalue weighted by Gasteiger charge is 2.55. The Bertz CT molecular complexity index is 1180. The number of aromatic hydroxyl groups is 1. The van der Waals surface area contributed by atoms with Crippen molar-refractivity contribution in [2.75, 3.05) is 0 Å². The van der Waals surface area contributed by atoms with Crippen LogP contribution in [0.4, 0.5) is 0 Å². The number of hydrogen-bond acceptors (Lipinski definition) is 5. The van der Waals surface area contributed by atoms with E-state index < -0.39 is 23.1 Å². The van der Waals surface area contributed by atoms with Crippen molar-refractivity contribution in [2.45, 2.75) is 31.8 Å². The highest BCUT2D eigenvalue weighted by Crippen LogP contribution is 2.42. The van der Waals surface area contributed by atoms with Gasteiger partial charge >= 0.3 is 5.97 Å². The Morgan fingerprint density at radius 2 is 1.65 bits per heavy atom. The van der Waals surface area contributed by atoms with Gasteiger partial charge in [0.2, 0.25) is 5.78 Å². The largest absolute Gasteiger partial charge is 0.507 e. The molecule has 156 valence electrons. The summed E-state index contributed by atoms with van der Waals surface area (Å²) in [4.78, 5) is 40.1. The van der Waals surface area contributed by atoms with Crippen LogP contribution in [0.25, 0.3) is 0 Å². The molecule has 31 heavy (non-hydrogen) atoms. The second-order valence-corrected chi connectivity index (χ2v) is 7.95. The van der Waals surface area contributed by atoms with Gasteiger partial charge in [-0.15, -0.1) is 0 Å². The first-order chi connectivity index (χ1) is 14.8. The van der Waals surface area contributed by atoms with E-state index in [0.29, 0.717) is 11.1 Å². The van der Waals surface area contributed by atoms with Gasteiger partial charge in [-0.25, -0.2) is 4.79 Å². The molecule has 0 aromatic heterocycles. The minimum atomic E-state index is -2.25. The van der Waals surface area contributed by atoms with Crippen LogP contribution in [0, 0.1) is 0 Å². The molecule has 0 saturated carbocycles. The molecule has 3 aromatic rings. The Kier molecular flexibility index (Phi) is 5.19. The van der Waals surface area contributed by atoms with Crippen molar-refractivity contribution in [3.8, 4) is 5.75 Å². The van der Waals surface area contributed by atoms with Crippen LogP contribution in [0.1, 0.15) is 57.2 Å². The zero-order valence-electron chi connectivity index (χ0n) is 17.3. The third-order valence-electron chi connectivity index (χ3n) is 5.65. The summed E-state index contributed by atoms with van der Waals surface area (Å²) in [5.41, 5.74) is -0.356. The standard InChI is InChI=1S/C26H22O5/c1-16(2)18-12-13-21(22(27)14-18)26(31-25(30)17-8-4-3-5-9-17)23(28)15-19-10-6-7-11-20(19)24(26)29/h3-14,16,27H,15H2,1-2H3. The molecule has 0 heterocycles. The van der Waals surface area contributed by atoms with Crippen molar-refractivity contribution in [3.63, 3.8) is 0 Å². The maximum Gasteiger partial charge on any atom is 0.339 e. The third-order valence-corrected chi connectivity index (χ3v) is 5.65. The van der Waals surface area contributed by atoms with E-state index in [1.807, 2.05) is 13.8 Å². The summed E-state index contributed by atoms with van der Waals surface area (Å²) in [6.45, 7) is 3.93. The van der Waals surface area contributed by atoms with Crippen molar-refractivity contribution in [1.29, 1.82) is 0 Å². The molecule has 0 fully saturated rings. The topological polar surface area (TPSA) is 80.7 Å². The number of ether oxygens (including phenoxy) is 1. The molecule has 3 aromatic carbocycles. The molecule has 0 amide bonds. The lowest BCUT2D eigenvalue weighted by molar-refractivity contribution is -0.134. The fraction of sp³-hybridized carbons (Fsp3) is 0.192. The van der Waals surface area contributed by atoms with Gasteiger partial charge in [0, 0.05) is 12.0 Å². The Morgan fingerprint density at radius 3 is 2.32 bits per heavy atom. The van der Waals surface area contributed by atoms with Gasteiger partial charge in [0.05, 0.1) is 11.1 Å². The van der Waals surface area contributed by atoms with Crippen LogP contribution in [0.2, 0.25) is 0 Å². The van der Waals surface area contributed by atoms with Crippen LogP contribution in [0.3, 0.4) is 0 Å². The fourth-order valence-corrected chi connectivity index (χ4v) is 3.92. The van der Waals surface area contributed by atoms with Crippen molar-refractivity contribution >= 4 is 17.5 Å². The normalized spacial score (nSPS) is 18.0. The van der Waals surface area contributed by atoms with E-state index in [0.717, 1.165) is 5.56 Å². The summed E-state index contributed by atoms with van der Waals surface area (Å²) in [7, 11) is 0. The third kappa shape index (κ3) is 3.42. The number of ketones is 2. The van der Waals surface area contributed by atoms with Gasteiger partial charge in [0.1, 0.15) is 5.75 Å². The van der Waals surface area contributed by atoms with E-state index in [9.17, 15) is 19.5 Å². The lowest BCUT2D eigenvalue weighted by Gasteiger charge is -2.35. The average molecular weight is 414 g/mol. The molecule has 0 bridgehead atoms. The highest BCUT2D eigenvalue weighted by molar-refractivity contribution is 6.23. The molecule has 5 nitrogen and oxygen atoms in total. The first-order valence-corrected chi connectivity index (χ1v) is 10.1. The molecule has 0 spiro atoms. The van der Waals surface area contributed by atoms with Gasteiger partial charge in [-0.2, -0.15) is 0 Å². The summed E-state index contributed by atoms with van der Waals surface area (Å²) in [6.07, 6.45) is -0.0879.